The lowest BCUT2D eigenvalue weighted by Gasteiger charge is -2.20. The highest BCUT2D eigenvalue weighted by Gasteiger charge is 2.16. The largest absolute Gasteiger partial charge is 0.357 e. The Morgan fingerprint density at radius 3 is 1.55 bits per heavy atom. The molecule has 0 aliphatic carbocycles. The normalized spacial score (nSPS) is 13.5. The fourth-order valence-corrected chi connectivity index (χ4v) is 6.14. The zero-order valence-corrected chi connectivity index (χ0v) is 29.7. The molecular formula is C40H75N3O. The van der Waals surface area contributed by atoms with Gasteiger partial charge in [-0.05, 0) is 64.2 Å². The van der Waals surface area contributed by atoms with Crippen molar-refractivity contribution >= 4 is 11.7 Å². The monoisotopic (exact) mass is 614 g/mol. The molecule has 0 atom stereocenters. The number of aliphatic imine (C=N–C) groups is 1. The van der Waals surface area contributed by atoms with Crippen molar-refractivity contribution in [2.75, 3.05) is 26.2 Å². The second-order valence-corrected chi connectivity index (χ2v) is 13.3. The number of amides is 1. The first-order valence-corrected chi connectivity index (χ1v) is 19.6. The second-order valence-electron chi connectivity index (χ2n) is 13.3. The van der Waals surface area contributed by atoms with Gasteiger partial charge in [-0.15, -0.1) is 0 Å². The van der Waals surface area contributed by atoms with Gasteiger partial charge in [0.25, 0.3) is 0 Å². The number of amidine groups is 1. The van der Waals surface area contributed by atoms with Crippen LogP contribution in [0, 0.1) is 0 Å². The Bertz CT molecular complexity index is 713. The van der Waals surface area contributed by atoms with E-state index in [0.29, 0.717) is 6.42 Å². The first-order valence-electron chi connectivity index (χ1n) is 19.6. The molecule has 0 saturated carbocycles. The molecule has 1 aliphatic heterocycles. The van der Waals surface area contributed by atoms with Crippen LogP contribution in [0.5, 0.6) is 0 Å². The Hall–Kier alpha value is -1.58. The van der Waals surface area contributed by atoms with Crippen molar-refractivity contribution in [2.24, 2.45) is 4.99 Å². The SMILES string of the molecule is CCCCCCCCC=CCCCCCCCC1=NCCN1CCNC(=O)CCCCCCC/C=C\CCCCCCCC. The van der Waals surface area contributed by atoms with Crippen molar-refractivity contribution in [3.63, 3.8) is 0 Å². The van der Waals surface area contributed by atoms with E-state index in [1.165, 1.54) is 166 Å². The van der Waals surface area contributed by atoms with Crippen LogP contribution in [0.15, 0.2) is 29.3 Å². The minimum atomic E-state index is 0.220. The minimum absolute atomic E-state index is 0.220. The molecule has 0 saturated heterocycles. The average Bonchev–Trinajstić information content (AvgIpc) is 3.48. The fourth-order valence-electron chi connectivity index (χ4n) is 6.14. The highest BCUT2D eigenvalue weighted by Crippen LogP contribution is 2.14. The molecule has 1 amide bonds. The average molecular weight is 614 g/mol. The van der Waals surface area contributed by atoms with Gasteiger partial charge in [-0.25, -0.2) is 0 Å². The minimum Gasteiger partial charge on any atom is -0.357 e. The van der Waals surface area contributed by atoms with Crippen LogP contribution in [-0.4, -0.2) is 42.8 Å². The summed E-state index contributed by atoms with van der Waals surface area (Å²) in [4.78, 5) is 19.4. The van der Waals surface area contributed by atoms with Crippen LogP contribution in [0.3, 0.4) is 0 Å². The van der Waals surface area contributed by atoms with Crippen LogP contribution in [0.25, 0.3) is 0 Å². The van der Waals surface area contributed by atoms with Crippen molar-refractivity contribution < 1.29 is 4.79 Å². The van der Waals surface area contributed by atoms with Crippen LogP contribution in [0.4, 0.5) is 0 Å². The van der Waals surface area contributed by atoms with Crippen molar-refractivity contribution in [3.8, 4) is 0 Å². The molecule has 44 heavy (non-hydrogen) atoms. The van der Waals surface area contributed by atoms with Crippen LogP contribution in [0.2, 0.25) is 0 Å². The number of carbonyl (C=O) groups excluding carboxylic acids is 1. The van der Waals surface area contributed by atoms with E-state index >= 15 is 0 Å². The predicted molar refractivity (Wildman–Crippen MR) is 196 cm³/mol. The third-order valence-electron chi connectivity index (χ3n) is 9.06. The summed E-state index contributed by atoms with van der Waals surface area (Å²) < 4.78 is 0. The first kappa shape index (κ1) is 40.4. The lowest BCUT2D eigenvalue weighted by Crippen LogP contribution is -2.36. The summed E-state index contributed by atoms with van der Waals surface area (Å²) in [6.07, 6.45) is 45.6. The van der Waals surface area contributed by atoms with Gasteiger partial charge in [0.1, 0.15) is 0 Å². The number of hydrogen-bond donors (Lipinski definition) is 1. The van der Waals surface area contributed by atoms with Crippen LogP contribution >= 0.6 is 0 Å². The number of allylic oxidation sites excluding steroid dienone is 4. The molecule has 1 aliphatic rings. The molecule has 1 rings (SSSR count). The summed E-state index contributed by atoms with van der Waals surface area (Å²) in [5.74, 6) is 1.49. The molecule has 0 aromatic rings. The van der Waals surface area contributed by atoms with Crippen LogP contribution in [0.1, 0.15) is 194 Å². The van der Waals surface area contributed by atoms with E-state index < -0.39 is 0 Å². The molecule has 0 aromatic heterocycles. The fraction of sp³-hybridized carbons (Fsp3) is 0.850. The summed E-state index contributed by atoms with van der Waals surface area (Å²) in [6, 6.07) is 0. The van der Waals surface area contributed by atoms with Gasteiger partial charge < -0.3 is 10.2 Å². The van der Waals surface area contributed by atoms with Gasteiger partial charge >= 0.3 is 0 Å². The van der Waals surface area contributed by atoms with Gasteiger partial charge in [0.15, 0.2) is 0 Å². The topological polar surface area (TPSA) is 44.7 Å². The summed E-state index contributed by atoms with van der Waals surface area (Å²) in [5, 5.41) is 3.15. The van der Waals surface area contributed by atoms with Crippen molar-refractivity contribution in [3.05, 3.63) is 24.3 Å². The molecule has 0 aromatic carbocycles. The maximum atomic E-state index is 12.3. The van der Waals surface area contributed by atoms with E-state index in [2.05, 4.69) is 48.4 Å². The smallest absolute Gasteiger partial charge is 0.220 e. The van der Waals surface area contributed by atoms with E-state index in [4.69, 9.17) is 4.99 Å². The summed E-state index contributed by atoms with van der Waals surface area (Å²) >= 11 is 0. The third kappa shape index (κ3) is 26.8. The molecular weight excluding hydrogens is 538 g/mol. The van der Waals surface area contributed by atoms with E-state index in [1.807, 2.05) is 0 Å². The van der Waals surface area contributed by atoms with Crippen molar-refractivity contribution in [1.82, 2.24) is 10.2 Å². The third-order valence-corrected chi connectivity index (χ3v) is 9.06. The number of carbonyl (C=O) groups is 1. The van der Waals surface area contributed by atoms with Crippen LogP contribution < -0.4 is 5.32 Å². The predicted octanol–water partition coefficient (Wildman–Crippen LogP) is 11.9. The first-order chi connectivity index (χ1) is 21.8. The zero-order chi connectivity index (χ0) is 31.6. The summed E-state index contributed by atoms with van der Waals surface area (Å²) in [5.41, 5.74) is 0. The number of nitrogens with one attached hydrogen (secondary N) is 1. The molecule has 0 unspecified atom stereocenters. The Morgan fingerprint density at radius 1 is 0.614 bits per heavy atom. The summed E-state index contributed by atoms with van der Waals surface area (Å²) in [7, 11) is 0. The Kier molecular flexibility index (Phi) is 30.2. The molecule has 256 valence electrons. The Labute approximate surface area is 275 Å². The summed E-state index contributed by atoms with van der Waals surface area (Å²) in [6.45, 7) is 8.15. The number of rotatable bonds is 33. The Morgan fingerprint density at radius 2 is 1.05 bits per heavy atom. The lowest BCUT2D eigenvalue weighted by molar-refractivity contribution is -0.121. The van der Waals surface area contributed by atoms with E-state index in [1.54, 1.807) is 0 Å². The van der Waals surface area contributed by atoms with Gasteiger partial charge in [0.05, 0.1) is 12.4 Å². The van der Waals surface area contributed by atoms with Crippen molar-refractivity contribution in [2.45, 2.75) is 194 Å². The lowest BCUT2D eigenvalue weighted by atomic mass is 10.1. The molecule has 1 heterocycles. The van der Waals surface area contributed by atoms with E-state index in [9.17, 15) is 4.79 Å². The van der Waals surface area contributed by atoms with Gasteiger partial charge in [-0.1, -0.05) is 141 Å². The molecule has 1 N–H and O–H groups in total. The molecule has 0 bridgehead atoms. The zero-order valence-electron chi connectivity index (χ0n) is 29.7. The molecule has 0 fully saturated rings. The molecule has 0 spiro atoms. The molecule has 0 radical (unpaired) electrons. The number of hydrogen-bond acceptors (Lipinski definition) is 3. The van der Waals surface area contributed by atoms with Crippen molar-refractivity contribution in [1.29, 1.82) is 0 Å². The Balaban J connectivity index is 1.88. The van der Waals surface area contributed by atoms with Crippen LogP contribution in [-0.2, 0) is 4.79 Å². The van der Waals surface area contributed by atoms with E-state index in [0.717, 1.165) is 39.0 Å². The highest BCUT2D eigenvalue weighted by atomic mass is 16.1. The quantitative estimate of drug-likeness (QED) is 0.0591. The highest BCUT2D eigenvalue weighted by molar-refractivity contribution is 5.83. The second kappa shape index (κ2) is 32.8. The van der Waals surface area contributed by atoms with Gasteiger partial charge in [-0.2, -0.15) is 0 Å². The maximum Gasteiger partial charge on any atom is 0.220 e. The maximum absolute atomic E-state index is 12.3. The molecule has 4 heteroatoms. The van der Waals surface area contributed by atoms with Gasteiger partial charge in [0, 0.05) is 32.5 Å². The van der Waals surface area contributed by atoms with Gasteiger partial charge in [0.2, 0.25) is 5.91 Å². The number of unbranched alkanes of at least 4 members (excludes halogenated alkanes) is 22. The van der Waals surface area contributed by atoms with E-state index in [-0.39, 0.29) is 5.91 Å². The molecule has 4 nitrogen and oxygen atoms in total. The van der Waals surface area contributed by atoms with Gasteiger partial charge in [-0.3, -0.25) is 9.79 Å². The number of nitrogens with zero attached hydrogens (tertiary/aromatic N) is 2. The standard InChI is InChI=1S/C40H75N3O/c1-3-5-7-9-11-13-15-17-19-21-23-25-27-29-31-33-39-41-35-37-43(39)38-36-42-40(44)34-32-30-28-26-24-22-20-18-16-14-12-10-8-6-4-2/h17-20H,3-16,21-38H2,1-2H3,(H,42,44)/b19-17?,20-18-.